The summed E-state index contributed by atoms with van der Waals surface area (Å²) < 4.78 is 1.79. The van der Waals surface area contributed by atoms with E-state index in [0.717, 1.165) is 33.3 Å². The summed E-state index contributed by atoms with van der Waals surface area (Å²) in [7, 11) is 0. The lowest BCUT2D eigenvalue weighted by Crippen LogP contribution is -2.24. The number of aliphatic hydroxyl groups is 1. The Morgan fingerprint density at radius 1 is 1.29 bits per heavy atom. The molecule has 0 saturated carbocycles. The topological polar surface area (TPSA) is 49.3 Å². The van der Waals surface area contributed by atoms with E-state index in [1.54, 1.807) is 0 Å². The summed E-state index contributed by atoms with van der Waals surface area (Å²) in [4.78, 5) is 11.8. The van der Waals surface area contributed by atoms with Gasteiger partial charge in [0, 0.05) is 13.2 Å². The van der Waals surface area contributed by atoms with E-state index in [2.05, 4.69) is 37.2 Å². The van der Waals surface area contributed by atoms with Crippen LogP contribution in [-0.4, -0.2) is 24.2 Å². The molecule has 0 spiro atoms. The van der Waals surface area contributed by atoms with Crippen LogP contribution in [0.2, 0.25) is 0 Å². The van der Waals surface area contributed by atoms with Crippen molar-refractivity contribution in [3.63, 3.8) is 0 Å². The molecule has 0 radical (unpaired) electrons. The molecule has 0 aliphatic heterocycles. The third-order valence-corrected chi connectivity index (χ3v) is 4.61. The minimum absolute atomic E-state index is 0.0408. The van der Waals surface area contributed by atoms with Crippen LogP contribution < -0.4 is 5.32 Å². The number of carbonyl (C=O) groups is 1. The first kappa shape index (κ1) is 15.1. The van der Waals surface area contributed by atoms with Crippen molar-refractivity contribution in [3.05, 3.63) is 19.2 Å². The highest BCUT2D eigenvalue weighted by atomic mass is 79.9. The van der Waals surface area contributed by atoms with Crippen LogP contribution in [-0.2, 0) is 0 Å². The molecule has 0 bridgehead atoms. The quantitative estimate of drug-likeness (QED) is 0.706. The van der Waals surface area contributed by atoms with Crippen molar-refractivity contribution in [1.82, 2.24) is 5.32 Å². The van der Waals surface area contributed by atoms with Crippen LogP contribution in [0.15, 0.2) is 13.6 Å². The smallest absolute Gasteiger partial charge is 0.253 e. The largest absolute Gasteiger partial charge is 0.396 e. The molecule has 0 aliphatic rings. The average Bonchev–Trinajstić information content (AvgIpc) is 2.62. The number of hydrogen-bond acceptors (Lipinski definition) is 3. The Bertz CT molecular complexity index is 368. The van der Waals surface area contributed by atoms with Crippen LogP contribution in [0, 0.1) is 0 Å². The normalized spacial score (nSPS) is 10.5. The molecule has 96 valence electrons. The number of aliphatic hydroxyl groups excluding tert-OH is 1. The molecular formula is C11H15Br2NO2S. The highest BCUT2D eigenvalue weighted by Crippen LogP contribution is 2.31. The first-order valence-electron chi connectivity index (χ1n) is 5.49. The van der Waals surface area contributed by atoms with Crippen LogP contribution in [0.1, 0.15) is 36.0 Å². The Morgan fingerprint density at radius 2 is 2.00 bits per heavy atom. The van der Waals surface area contributed by atoms with Gasteiger partial charge in [-0.15, -0.1) is 11.3 Å². The summed E-state index contributed by atoms with van der Waals surface area (Å²) in [6, 6.07) is 1.82. The number of hydrogen-bond donors (Lipinski definition) is 2. The fraction of sp³-hybridized carbons (Fsp3) is 0.545. The van der Waals surface area contributed by atoms with Crippen molar-refractivity contribution >= 4 is 49.1 Å². The van der Waals surface area contributed by atoms with Crippen molar-refractivity contribution < 1.29 is 9.90 Å². The lowest BCUT2D eigenvalue weighted by Gasteiger charge is -2.03. The molecule has 1 amide bonds. The van der Waals surface area contributed by atoms with Crippen molar-refractivity contribution in [2.75, 3.05) is 13.2 Å². The predicted molar refractivity (Wildman–Crippen MR) is 77.6 cm³/mol. The first-order chi connectivity index (χ1) is 8.15. The second kappa shape index (κ2) is 8.24. The lowest BCUT2D eigenvalue weighted by molar-refractivity contribution is 0.0952. The SMILES string of the molecule is O=C(NCCCCCCO)c1cc(Br)sc1Br. The summed E-state index contributed by atoms with van der Waals surface area (Å²) in [5.74, 6) is -0.0408. The molecule has 0 fully saturated rings. The van der Waals surface area contributed by atoms with Gasteiger partial charge in [0.05, 0.1) is 13.1 Å². The number of nitrogens with one attached hydrogen (secondary N) is 1. The number of halogens is 2. The van der Waals surface area contributed by atoms with E-state index in [-0.39, 0.29) is 12.5 Å². The van der Waals surface area contributed by atoms with E-state index >= 15 is 0 Å². The van der Waals surface area contributed by atoms with Gasteiger partial charge in [-0.1, -0.05) is 12.8 Å². The highest BCUT2D eigenvalue weighted by Gasteiger charge is 2.12. The molecule has 0 unspecified atom stereocenters. The van der Waals surface area contributed by atoms with Crippen LogP contribution >= 0.6 is 43.2 Å². The Morgan fingerprint density at radius 3 is 2.59 bits per heavy atom. The molecule has 3 nitrogen and oxygen atoms in total. The van der Waals surface area contributed by atoms with Gasteiger partial charge in [0.25, 0.3) is 5.91 Å². The molecule has 6 heteroatoms. The zero-order chi connectivity index (χ0) is 12.7. The van der Waals surface area contributed by atoms with E-state index < -0.39 is 0 Å². The molecule has 0 saturated heterocycles. The third-order valence-electron chi connectivity index (χ3n) is 2.27. The number of rotatable bonds is 7. The third kappa shape index (κ3) is 5.50. The minimum atomic E-state index is -0.0408. The van der Waals surface area contributed by atoms with E-state index in [1.807, 2.05) is 6.07 Å². The van der Waals surface area contributed by atoms with Crippen molar-refractivity contribution in [2.45, 2.75) is 25.7 Å². The Balaban J connectivity index is 2.23. The predicted octanol–water partition coefficient (Wildman–Crippen LogP) is 3.56. The van der Waals surface area contributed by atoms with Crippen LogP contribution in [0.25, 0.3) is 0 Å². The van der Waals surface area contributed by atoms with E-state index in [9.17, 15) is 4.79 Å². The van der Waals surface area contributed by atoms with Crippen molar-refractivity contribution in [2.24, 2.45) is 0 Å². The monoisotopic (exact) mass is 383 g/mol. The van der Waals surface area contributed by atoms with Gasteiger partial charge in [-0.3, -0.25) is 4.79 Å². The van der Waals surface area contributed by atoms with Gasteiger partial charge in [-0.25, -0.2) is 0 Å². The zero-order valence-corrected chi connectivity index (χ0v) is 13.3. The zero-order valence-electron chi connectivity index (χ0n) is 9.34. The Hall–Kier alpha value is 0.0900. The molecule has 0 atom stereocenters. The van der Waals surface area contributed by atoms with Crippen LogP contribution in [0.3, 0.4) is 0 Å². The molecule has 17 heavy (non-hydrogen) atoms. The van der Waals surface area contributed by atoms with Gasteiger partial charge in [-0.05, 0) is 50.8 Å². The molecule has 0 aliphatic carbocycles. The maximum Gasteiger partial charge on any atom is 0.253 e. The van der Waals surface area contributed by atoms with Gasteiger partial charge in [0.15, 0.2) is 0 Å². The van der Waals surface area contributed by atoms with Gasteiger partial charge < -0.3 is 10.4 Å². The van der Waals surface area contributed by atoms with Crippen molar-refractivity contribution in [3.8, 4) is 0 Å². The summed E-state index contributed by atoms with van der Waals surface area (Å²) in [5.41, 5.74) is 0.678. The lowest BCUT2D eigenvalue weighted by atomic mass is 10.2. The van der Waals surface area contributed by atoms with E-state index in [1.165, 1.54) is 11.3 Å². The minimum Gasteiger partial charge on any atom is -0.396 e. The standard InChI is InChI=1S/C11H15Br2NO2S/c12-9-7-8(10(13)17-9)11(16)14-5-3-1-2-4-6-15/h7,15H,1-6H2,(H,14,16). The summed E-state index contributed by atoms with van der Waals surface area (Å²) in [5, 5.41) is 11.5. The summed E-state index contributed by atoms with van der Waals surface area (Å²) >= 11 is 8.20. The highest BCUT2D eigenvalue weighted by molar-refractivity contribution is 9.12. The van der Waals surface area contributed by atoms with Gasteiger partial charge in [-0.2, -0.15) is 0 Å². The molecule has 1 aromatic heterocycles. The van der Waals surface area contributed by atoms with E-state index in [4.69, 9.17) is 5.11 Å². The van der Waals surface area contributed by atoms with Crippen molar-refractivity contribution in [1.29, 1.82) is 0 Å². The summed E-state index contributed by atoms with van der Waals surface area (Å²) in [6.07, 6.45) is 3.85. The van der Waals surface area contributed by atoms with E-state index in [0.29, 0.717) is 12.1 Å². The number of amides is 1. The maximum atomic E-state index is 11.8. The van der Waals surface area contributed by atoms with Gasteiger partial charge >= 0.3 is 0 Å². The fourth-order valence-electron chi connectivity index (χ4n) is 1.38. The Labute approximate surface area is 122 Å². The Kier molecular flexibility index (Phi) is 7.34. The molecule has 1 rings (SSSR count). The number of carbonyl (C=O) groups excluding carboxylic acids is 1. The number of thiophene rings is 1. The van der Waals surface area contributed by atoms with Crippen LogP contribution in [0.5, 0.6) is 0 Å². The van der Waals surface area contributed by atoms with Gasteiger partial charge in [0.1, 0.15) is 0 Å². The maximum absolute atomic E-state index is 11.8. The molecular weight excluding hydrogens is 370 g/mol. The second-order valence-electron chi connectivity index (χ2n) is 3.63. The molecule has 1 heterocycles. The molecule has 1 aromatic rings. The number of unbranched alkanes of at least 4 members (excludes halogenated alkanes) is 3. The fourth-order valence-corrected chi connectivity index (χ4v) is 4.18. The summed E-state index contributed by atoms with van der Waals surface area (Å²) in [6.45, 7) is 0.937. The first-order valence-corrected chi connectivity index (χ1v) is 7.89. The molecule has 2 N–H and O–H groups in total. The van der Waals surface area contributed by atoms with Gasteiger partial charge in [0.2, 0.25) is 0 Å². The molecule has 0 aromatic carbocycles. The average molecular weight is 385 g/mol. The second-order valence-corrected chi connectivity index (χ2v) is 7.38. The van der Waals surface area contributed by atoms with Crippen LogP contribution in [0.4, 0.5) is 0 Å².